The molecule has 0 saturated heterocycles. The van der Waals surface area contributed by atoms with Crippen molar-refractivity contribution in [3.8, 4) is 6.07 Å². The Bertz CT molecular complexity index is 935. The second-order valence-corrected chi connectivity index (χ2v) is 8.15. The van der Waals surface area contributed by atoms with Crippen molar-refractivity contribution in [2.75, 3.05) is 6.61 Å². The minimum absolute atomic E-state index is 0.161. The highest BCUT2D eigenvalue weighted by atomic mass is 32.2. The van der Waals surface area contributed by atoms with Crippen LogP contribution in [-0.4, -0.2) is 27.1 Å². The van der Waals surface area contributed by atoms with Crippen molar-refractivity contribution in [3.63, 3.8) is 0 Å². The fraction of sp³-hybridized carbons (Fsp3) is 0.364. The predicted octanol–water partition coefficient (Wildman–Crippen LogP) is 4.00. The van der Waals surface area contributed by atoms with E-state index in [4.69, 9.17) is 14.2 Å². The van der Waals surface area contributed by atoms with E-state index in [0.29, 0.717) is 19.3 Å². The Labute approximate surface area is 172 Å². The quantitative estimate of drug-likeness (QED) is 0.313. The van der Waals surface area contributed by atoms with Crippen LogP contribution in [0.5, 0.6) is 0 Å². The van der Waals surface area contributed by atoms with Crippen LogP contribution in [0.4, 0.5) is 0 Å². The lowest BCUT2D eigenvalue weighted by Gasteiger charge is -2.17. The molecule has 1 atom stereocenters. The normalized spacial score (nSPS) is 12.1. The van der Waals surface area contributed by atoms with E-state index in [9.17, 15) is 13.2 Å². The van der Waals surface area contributed by atoms with Gasteiger partial charge in [-0.05, 0) is 49.4 Å². The molecule has 0 aliphatic rings. The summed E-state index contributed by atoms with van der Waals surface area (Å²) in [6.07, 6.45) is 1.77. The molecule has 0 spiro atoms. The maximum atomic E-state index is 12.6. The largest absolute Gasteiger partial charge is 0.464 e. The van der Waals surface area contributed by atoms with Crippen LogP contribution in [0.2, 0.25) is 0 Å². The number of esters is 1. The smallest absolute Gasteiger partial charge is 0.336 e. The van der Waals surface area contributed by atoms with Crippen molar-refractivity contribution < 1.29 is 22.1 Å². The van der Waals surface area contributed by atoms with Crippen LogP contribution < -0.4 is 0 Å². The second-order valence-electron chi connectivity index (χ2n) is 6.58. The first-order valence-electron chi connectivity index (χ1n) is 9.60. The van der Waals surface area contributed by atoms with E-state index < -0.39 is 22.2 Å². The Kier molecular flexibility index (Phi) is 8.84. The van der Waals surface area contributed by atoms with Gasteiger partial charge in [0.05, 0.1) is 23.1 Å². The number of rotatable bonds is 11. The van der Waals surface area contributed by atoms with Gasteiger partial charge in [-0.2, -0.15) is 13.7 Å². The molecular weight excluding hydrogens is 390 g/mol. The van der Waals surface area contributed by atoms with Crippen LogP contribution in [0.25, 0.3) is 0 Å². The van der Waals surface area contributed by atoms with E-state index in [2.05, 4.69) is 0 Å². The van der Waals surface area contributed by atoms with Crippen LogP contribution in [0.1, 0.15) is 43.7 Å². The molecule has 0 amide bonds. The molecule has 0 bridgehead atoms. The summed E-state index contributed by atoms with van der Waals surface area (Å²) < 4.78 is 35.7. The van der Waals surface area contributed by atoms with Gasteiger partial charge in [0.2, 0.25) is 0 Å². The Hall–Kier alpha value is -2.69. The average molecular weight is 416 g/mol. The number of nitrogens with zero attached hydrogens (tertiary/aromatic N) is 1. The highest BCUT2D eigenvalue weighted by molar-refractivity contribution is 7.86. The van der Waals surface area contributed by atoms with Crippen LogP contribution >= 0.6 is 0 Å². The number of nitriles is 1. The lowest BCUT2D eigenvalue weighted by Crippen LogP contribution is -2.30. The van der Waals surface area contributed by atoms with Gasteiger partial charge >= 0.3 is 5.97 Å². The van der Waals surface area contributed by atoms with Crippen molar-refractivity contribution in [1.82, 2.24) is 0 Å². The van der Waals surface area contributed by atoms with Crippen molar-refractivity contribution >= 4 is 16.1 Å². The molecule has 0 heterocycles. The molecule has 0 saturated carbocycles. The number of unbranched alkanes of at least 4 members (excludes halogenated alkanes) is 1. The maximum Gasteiger partial charge on any atom is 0.336 e. The summed E-state index contributed by atoms with van der Waals surface area (Å²) in [5.41, 5.74) is 1.29. The first-order chi connectivity index (χ1) is 14.0. The minimum atomic E-state index is -4.21. The Morgan fingerprint density at radius 3 is 2.55 bits per heavy atom. The summed E-state index contributed by atoms with van der Waals surface area (Å²) >= 11 is 0. The van der Waals surface area contributed by atoms with Crippen LogP contribution in [0, 0.1) is 11.3 Å². The summed E-state index contributed by atoms with van der Waals surface area (Å²) in [6, 6.07) is 17.1. The molecule has 0 aliphatic carbocycles. The van der Waals surface area contributed by atoms with E-state index >= 15 is 0 Å². The number of benzene rings is 2. The predicted molar refractivity (Wildman–Crippen MR) is 108 cm³/mol. The molecule has 0 unspecified atom stereocenters. The third kappa shape index (κ3) is 7.33. The van der Waals surface area contributed by atoms with Crippen molar-refractivity contribution in [2.45, 2.75) is 50.0 Å². The second kappa shape index (κ2) is 11.3. The summed E-state index contributed by atoms with van der Waals surface area (Å²) in [5, 5.41) is 8.98. The summed E-state index contributed by atoms with van der Waals surface area (Å²) in [4.78, 5) is 12.3. The van der Waals surface area contributed by atoms with Gasteiger partial charge in [0.25, 0.3) is 10.1 Å². The molecule has 0 aliphatic heterocycles. The lowest BCUT2D eigenvalue weighted by atomic mass is 10.1. The van der Waals surface area contributed by atoms with Gasteiger partial charge in [-0.15, -0.1) is 0 Å². The molecule has 0 fully saturated rings. The molecule has 2 aromatic carbocycles. The molecule has 2 rings (SSSR count). The van der Waals surface area contributed by atoms with Gasteiger partial charge in [-0.3, -0.25) is 4.18 Å². The lowest BCUT2D eigenvalue weighted by molar-refractivity contribution is -0.152. The molecule has 154 valence electrons. The van der Waals surface area contributed by atoms with Gasteiger partial charge in [-0.1, -0.05) is 49.7 Å². The highest BCUT2D eigenvalue weighted by Crippen LogP contribution is 2.19. The summed E-state index contributed by atoms with van der Waals surface area (Å²) in [7, 11) is -4.21. The molecule has 7 heteroatoms. The molecule has 6 nitrogen and oxygen atoms in total. The third-order valence-electron chi connectivity index (χ3n) is 4.27. The van der Waals surface area contributed by atoms with Gasteiger partial charge in [0, 0.05) is 0 Å². The Morgan fingerprint density at radius 2 is 1.86 bits per heavy atom. The topological polar surface area (TPSA) is 93.5 Å². The number of carbonyl (C=O) groups is 1. The number of aryl methyl sites for hydroxylation is 1. The zero-order chi connectivity index (χ0) is 21.1. The van der Waals surface area contributed by atoms with Crippen molar-refractivity contribution in [2.24, 2.45) is 0 Å². The first-order valence-corrected chi connectivity index (χ1v) is 11.0. The van der Waals surface area contributed by atoms with E-state index in [1.54, 1.807) is 0 Å². The number of hydrogen-bond donors (Lipinski definition) is 0. The molecule has 0 radical (unpaired) electrons. The number of carbonyl (C=O) groups excluding carboxylic acids is 1. The minimum Gasteiger partial charge on any atom is -0.464 e. The van der Waals surface area contributed by atoms with Gasteiger partial charge < -0.3 is 4.74 Å². The third-order valence-corrected chi connectivity index (χ3v) is 5.59. The first kappa shape index (κ1) is 22.6. The van der Waals surface area contributed by atoms with Crippen LogP contribution in [0.3, 0.4) is 0 Å². The Balaban J connectivity index is 2.10. The van der Waals surface area contributed by atoms with E-state index in [-0.39, 0.29) is 23.5 Å². The van der Waals surface area contributed by atoms with Crippen molar-refractivity contribution in [3.05, 3.63) is 65.7 Å². The zero-order valence-corrected chi connectivity index (χ0v) is 17.2. The molecule has 29 heavy (non-hydrogen) atoms. The monoisotopic (exact) mass is 415 g/mol. The van der Waals surface area contributed by atoms with Gasteiger partial charge in [-0.25, -0.2) is 4.79 Å². The Morgan fingerprint density at radius 1 is 1.10 bits per heavy atom. The van der Waals surface area contributed by atoms with E-state index in [1.165, 1.54) is 24.3 Å². The molecule has 0 N–H and O–H groups in total. The maximum absolute atomic E-state index is 12.6. The fourth-order valence-electron chi connectivity index (χ4n) is 2.68. The zero-order valence-electron chi connectivity index (χ0n) is 16.4. The number of ether oxygens (including phenoxy) is 1. The highest BCUT2D eigenvalue weighted by Gasteiger charge is 2.28. The number of hydrogen-bond acceptors (Lipinski definition) is 6. The SMILES string of the molecule is CCCCOC(=O)[C@@H](CCCc1ccccc1)OS(=O)(=O)c1cccc(C#N)c1. The molecule has 0 aromatic heterocycles. The molecule has 2 aromatic rings. The summed E-state index contributed by atoms with van der Waals surface area (Å²) in [5.74, 6) is -0.688. The van der Waals surface area contributed by atoms with Crippen LogP contribution in [-0.2, 0) is 30.3 Å². The average Bonchev–Trinajstić information content (AvgIpc) is 2.74. The van der Waals surface area contributed by atoms with Crippen molar-refractivity contribution in [1.29, 1.82) is 5.26 Å². The summed E-state index contributed by atoms with van der Waals surface area (Å²) in [6.45, 7) is 2.19. The van der Waals surface area contributed by atoms with Gasteiger partial charge in [0.15, 0.2) is 6.10 Å². The molecular formula is C22H25NO5S. The van der Waals surface area contributed by atoms with Crippen LogP contribution in [0.15, 0.2) is 59.5 Å². The van der Waals surface area contributed by atoms with Gasteiger partial charge in [0.1, 0.15) is 0 Å². The van der Waals surface area contributed by atoms with E-state index in [0.717, 1.165) is 12.0 Å². The standard InChI is InChI=1S/C22H25NO5S/c1-2-3-15-27-22(24)21(14-8-11-18-9-5-4-6-10-18)28-29(25,26)20-13-7-12-19(16-20)17-23/h4-7,9-10,12-13,16,21H,2-3,8,11,14-15H2,1H3/t21-/m1/s1. The fourth-order valence-corrected chi connectivity index (χ4v) is 3.79. The van der Waals surface area contributed by atoms with E-state index in [1.807, 2.05) is 43.3 Å².